The molecule has 6 nitrogen and oxygen atoms in total. The van der Waals surface area contributed by atoms with Gasteiger partial charge in [-0.15, -0.1) is 0 Å². The smallest absolute Gasteiger partial charge is 0.316 e. The zero-order chi connectivity index (χ0) is 16.3. The minimum Gasteiger partial charge on any atom is -0.351 e. The van der Waals surface area contributed by atoms with Crippen molar-refractivity contribution in [2.24, 2.45) is 5.73 Å². The van der Waals surface area contributed by atoms with Crippen molar-refractivity contribution in [1.82, 2.24) is 0 Å². The van der Waals surface area contributed by atoms with E-state index in [-0.39, 0.29) is 5.69 Å². The first-order valence-corrected chi connectivity index (χ1v) is 7.41. The number of rotatable bonds is 4. The third-order valence-corrected chi connectivity index (χ3v) is 4.02. The van der Waals surface area contributed by atoms with Gasteiger partial charge in [-0.1, -0.05) is 6.07 Å². The number of nitrogens with two attached hydrogens (primary N) is 1. The number of primary amides is 1. The molecule has 0 unspecified atom stereocenters. The van der Waals surface area contributed by atoms with Crippen LogP contribution in [0.5, 0.6) is 0 Å². The molecular formula is C13H11F2N3O3S. The van der Waals surface area contributed by atoms with Gasteiger partial charge in [-0.2, -0.15) is 0 Å². The van der Waals surface area contributed by atoms with Crippen molar-refractivity contribution in [3.63, 3.8) is 0 Å². The third kappa shape index (κ3) is 3.50. The van der Waals surface area contributed by atoms with Crippen LogP contribution in [-0.4, -0.2) is 14.4 Å². The highest BCUT2D eigenvalue weighted by molar-refractivity contribution is 7.92. The predicted molar refractivity (Wildman–Crippen MR) is 76.8 cm³/mol. The molecule has 0 bridgehead atoms. The summed E-state index contributed by atoms with van der Waals surface area (Å²) in [6.45, 7) is 0. The van der Waals surface area contributed by atoms with Gasteiger partial charge in [-0.3, -0.25) is 4.72 Å². The molecule has 0 aliphatic heterocycles. The number of sulfonamides is 1. The van der Waals surface area contributed by atoms with Crippen LogP contribution in [0.15, 0.2) is 47.4 Å². The van der Waals surface area contributed by atoms with Crippen LogP contribution in [0.1, 0.15) is 0 Å². The molecule has 116 valence electrons. The molecule has 22 heavy (non-hydrogen) atoms. The van der Waals surface area contributed by atoms with E-state index in [2.05, 4.69) is 5.32 Å². The fourth-order valence-corrected chi connectivity index (χ4v) is 2.91. The highest BCUT2D eigenvalue weighted by atomic mass is 32.2. The van der Waals surface area contributed by atoms with Crippen molar-refractivity contribution in [1.29, 1.82) is 0 Å². The first-order chi connectivity index (χ1) is 10.3. The number of nitrogens with one attached hydrogen (secondary N) is 2. The van der Waals surface area contributed by atoms with Gasteiger partial charge in [-0.25, -0.2) is 22.0 Å². The number of carbonyl (C=O) groups excluding carboxylic acids is 1. The zero-order valence-electron chi connectivity index (χ0n) is 11.0. The number of amides is 2. The molecule has 0 aliphatic carbocycles. The summed E-state index contributed by atoms with van der Waals surface area (Å²) >= 11 is 0. The lowest BCUT2D eigenvalue weighted by atomic mass is 10.3. The Morgan fingerprint density at radius 1 is 0.955 bits per heavy atom. The second kappa shape index (κ2) is 5.98. The number of benzene rings is 2. The number of hydrogen-bond donors (Lipinski definition) is 3. The van der Waals surface area contributed by atoms with Crippen LogP contribution in [0.2, 0.25) is 0 Å². The summed E-state index contributed by atoms with van der Waals surface area (Å²) < 4.78 is 53.2. The normalized spacial score (nSPS) is 11.0. The van der Waals surface area contributed by atoms with E-state index in [0.717, 1.165) is 18.2 Å². The summed E-state index contributed by atoms with van der Waals surface area (Å²) in [7, 11) is -4.42. The van der Waals surface area contributed by atoms with Gasteiger partial charge in [0.15, 0.2) is 4.90 Å². The Morgan fingerprint density at radius 2 is 1.45 bits per heavy atom. The highest BCUT2D eigenvalue weighted by Crippen LogP contribution is 2.22. The van der Waals surface area contributed by atoms with E-state index in [1.54, 1.807) is 0 Å². The first kappa shape index (κ1) is 15.7. The monoisotopic (exact) mass is 327 g/mol. The maximum atomic E-state index is 13.5. The fraction of sp³-hybridized carbons (Fsp3) is 0. The Kier molecular flexibility index (Phi) is 4.27. The molecule has 0 fully saturated rings. The standard InChI is InChI=1S/C13H11F2N3O3S/c14-10-2-1-3-11(15)12(10)22(20,21)18-9-6-4-8(5-7-9)17-13(16)19/h1-7,18H,(H3,16,17,19). The molecule has 0 heterocycles. The van der Waals surface area contributed by atoms with Gasteiger partial charge in [0, 0.05) is 11.4 Å². The third-order valence-electron chi connectivity index (χ3n) is 2.59. The van der Waals surface area contributed by atoms with E-state index in [1.807, 2.05) is 4.72 Å². The van der Waals surface area contributed by atoms with Gasteiger partial charge in [0.25, 0.3) is 10.0 Å². The van der Waals surface area contributed by atoms with Gasteiger partial charge in [0.2, 0.25) is 0 Å². The summed E-state index contributed by atoms with van der Waals surface area (Å²) in [5.74, 6) is -2.39. The van der Waals surface area contributed by atoms with E-state index >= 15 is 0 Å². The van der Waals surface area contributed by atoms with Gasteiger partial charge in [0.05, 0.1) is 0 Å². The van der Waals surface area contributed by atoms with E-state index < -0.39 is 32.6 Å². The topological polar surface area (TPSA) is 101 Å². The van der Waals surface area contributed by atoms with Crippen LogP contribution in [-0.2, 0) is 10.0 Å². The number of halogens is 2. The lowest BCUT2D eigenvalue weighted by molar-refractivity contribution is 0.259. The average molecular weight is 327 g/mol. The molecule has 2 rings (SSSR count). The molecule has 4 N–H and O–H groups in total. The maximum absolute atomic E-state index is 13.5. The maximum Gasteiger partial charge on any atom is 0.316 e. The minimum absolute atomic E-state index is 0.0673. The van der Waals surface area contributed by atoms with E-state index in [9.17, 15) is 22.0 Å². The minimum atomic E-state index is -4.42. The molecular weight excluding hydrogens is 316 g/mol. The van der Waals surface area contributed by atoms with Crippen molar-refractivity contribution in [3.8, 4) is 0 Å². The molecule has 0 spiro atoms. The Balaban J connectivity index is 2.27. The summed E-state index contributed by atoms with van der Waals surface area (Å²) in [4.78, 5) is 9.60. The molecule has 0 saturated heterocycles. The predicted octanol–water partition coefficient (Wildman–Crippen LogP) is 2.26. The van der Waals surface area contributed by atoms with Gasteiger partial charge < -0.3 is 11.1 Å². The zero-order valence-corrected chi connectivity index (χ0v) is 11.8. The van der Waals surface area contributed by atoms with Crippen LogP contribution in [0.3, 0.4) is 0 Å². The van der Waals surface area contributed by atoms with E-state index in [1.165, 1.54) is 24.3 Å². The van der Waals surface area contributed by atoms with Crippen molar-refractivity contribution in [3.05, 3.63) is 54.1 Å². The van der Waals surface area contributed by atoms with Crippen LogP contribution >= 0.6 is 0 Å². The summed E-state index contributed by atoms with van der Waals surface area (Å²) in [6.07, 6.45) is 0. The van der Waals surface area contributed by atoms with Crippen LogP contribution in [0, 0.1) is 11.6 Å². The Bertz CT molecular complexity index is 788. The van der Waals surface area contributed by atoms with Crippen molar-refractivity contribution >= 4 is 27.4 Å². The first-order valence-electron chi connectivity index (χ1n) is 5.93. The molecule has 0 radical (unpaired) electrons. The lowest BCUT2D eigenvalue weighted by Gasteiger charge is -2.10. The van der Waals surface area contributed by atoms with Crippen molar-refractivity contribution < 1.29 is 22.0 Å². The largest absolute Gasteiger partial charge is 0.351 e. The van der Waals surface area contributed by atoms with E-state index in [4.69, 9.17) is 5.73 Å². The summed E-state index contributed by atoms with van der Waals surface area (Å²) in [5, 5.41) is 2.29. The van der Waals surface area contributed by atoms with Gasteiger partial charge in [-0.05, 0) is 36.4 Å². The van der Waals surface area contributed by atoms with Gasteiger partial charge >= 0.3 is 6.03 Å². The second-order valence-corrected chi connectivity index (χ2v) is 5.84. The van der Waals surface area contributed by atoms with Crippen molar-refractivity contribution in [2.45, 2.75) is 4.90 Å². The Hall–Kier alpha value is -2.68. The molecule has 0 aliphatic rings. The lowest BCUT2D eigenvalue weighted by Crippen LogP contribution is -2.19. The van der Waals surface area contributed by atoms with Gasteiger partial charge in [0.1, 0.15) is 11.6 Å². The molecule has 2 aromatic rings. The quantitative estimate of drug-likeness (QED) is 0.802. The summed E-state index contributed by atoms with van der Waals surface area (Å²) in [6, 6.07) is 7.34. The fourth-order valence-electron chi connectivity index (χ4n) is 1.71. The highest BCUT2D eigenvalue weighted by Gasteiger charge is 2.23. The summed E-state index contributed by atoms with van der Waals surface area (Å²) in [5.41, 5.74) is 5.34. The average Bonchev–Trinajstić information content (AvgIpc) is 2.39. The van der Waals surface area contributed by atoms with Crippen LogP contribution in [0.25, 0.3) is 0 Å². The molecule has 2 aromatic carbocycles. The van der Waals surface area contributed by atoms with E-state index in [0.29, 0.717) is 5.69 Å². The number of anilines is 2. The molecule has 9 heteroatoms. The molecule has 0 aromatic heterocycles. The SMILES string of the molecule is NC(=O)Nc1ccc(NS(=O)(=O)c2c(F)cccc2F)cc1. The Morgan fingerprint density at radius 3 is 1.95 bits per heavy atom. The van der Waals surface area contributed by atoms with Crippen LogP contribution < -0.4 is 15.8 Å². The van der Waals surface area contributed by atoms with Crippen LogP contribution in [0.4, 0.5) is 25.0 Å². The van der Waals surface area contributed by atoms with Crippen molar-refractivity contribution in [2.75, 3.05) is 10.0 Å². The number of urea groups is 1. The molecule has 2 amide bonds. The number of hydrogen-bond acceptors (Lipinski definition) is 3. The molecule has 0 atom stereocenters. The second-order valence-electron chi connectivity index (χ2n) is 4.22. The molecule has 0 saturated carbocycles. The number of carbonyl (C=O) groups is 1. The Labute approximate surface area is 125 Å².